The number of nitrogens with zero attached hydrogens (tertiary/aromatic N) is 3. The first-order valence-corrected chi connectivity index (χ1v) is 11.1. The molecule has 0 aliphatic carbocycles. The van der Waals surface area contributed by atoms with Crippen molar-refractivity contribution in [3.05, 3.63) is 29.8 Å². The number of esters is 1. The summed E-state index contributed by atoms with van der Waals surface area (Å²) in [5.41, 5.74) is 9.96. The minimum absolute atomic E-state index is 0.00661. The zero-order valence-corrected chi connectivity index (χ0v) is 17.2. The van der Waals surface area contributed by atoms with Crippen molar-refractivity contribution in [2.45, 2.75) is 34.5 Å². The van der Waals surface area contributed by atoms with Gasteiger partial charge in [-0.1, -0.05) is 0 Å². The van der Waals surface area contributed by atoms with E-state index in [-0.39, 0.29) is 28.9 Å². The van der Waals surface area contributed by atoms with Crippen LogP contribution in [0.1, 0.15) is 10.4 Å². The van der Waals surface area contributed by atoms with E-state index < -0.39 is 52.1 Å². The van der Waals surface area contributed by atoms with E-state index in [2.05, 4.69) is 15.3 Å². The fourth-order valence-corrected chi connectivity index (χ4v) is 4.84. The van der Waals surface area contributed by atoms with Gasteiger partial charge in [0.15, 0.2) is 33.5 Å². The summed E-state index contributed by atoms with van der Waals surface area (Å²) >= 11 is 0. The summed E-state index contributed by atoms with van der Waals surface area (Å²) in [6.45, 7) is -0.730. The average Bonchev–Trinajstić information content (AvgIpc) is 3.16. The minimum Gasteiger partial charge on any atom is -0.451 e. The summed E-state index contributed by atoms with van der Waals surface area (Å²) in [6.07, 6.45) is -0.471. The summed E-state index contributed by atoms with van der Waals surface area (Å²) in [5, 5.41) is 34.5. The highest BCUT2D eigenvalue weighted by Gasteiger charge is 2.74. The van der Waals surface area contributed by atoms with Crippen LogP contribution in [0.15, 0.2) is 39.1 Å². The van der Waals surface area contributed by atoms with Crippen molar-refractivity contribution in [3.8, 4) is 0 Å². The fourth-order valence-electron chi connectivity index (χ4n) is 4.21. The predicted molar refractivity (Wildman–Crippen MR) is 106 cm³/mol. The monoisotopic (exact) mass is 454 g/mol. The van der Waals surface area contributed by atoms with Gasteiger partial charge in [0.1, 0.15) is 12.1 Å². The third-order valence-corrected chi connectivity index (χ3v) is 6.83. The first-order chi connectivity index (χ1) is 14.4. The summed E-state index contributed by atoms with van der Waals surface area (Å²) in [7, 11) is -3.45. The molecule has 1 fully saturated rings. The molecular formula is C17H22N6O7S. The van der Waals surface area contributed by atoms with Gasteiger partial charge in [-0.25, -0.2) is 23.2 Å². The topological polar surface area (TPSA) is 213 Å². The second-order valence-corrected chi connectivity index (χ2v) is 9.63. The van der Waals surface area contributed by atoms with E-state index in [1.54, 1.807) is 0 Å². The zero-order valence-electron chi connectivity index (χ0n) is 16.3. The highest BCUT2D eigenvalue weighted by Crippen LogP contribution is 2.45. The Bertz CT molecular complexity index is 1090. The Morgan fingerprint density at radius 2 is 1.94 bits per heavy atom. The number of hydrogen-bond donors (Lipinski definition) is 6. The van der Waals surface area contributed by atoms with Crippen LogP contribution in [0.4, 0.5) is 0 Å². The van der Waals surface area contributed by atoms with Crippen LogP contribution in [0.25, 0.3) is 0 Å². The number of carbonyl (C=O) groups excluding carboxylic acids is 1. The van der Waals surface area contributed by atoms with Crippen molar-refractivity contribution < 1.29 is 33.3 Å². The molecule has 3 aliphatic rings. The molecule has 8 N–H and O–H groups in total. The molecule has 31 heavy (non-hydrogen) atoms. The molecule has 1 unspecified atom stereocenters. The van der Waals surface area contributed by atoms with Crippen molar-refractivity contribution >= 4 is 27.7 Å². The van der Waals surface area contributed by atoms with Gasteiger partial charge >= 0.3 is 5.97 Å². The van der Waals surface area contributed by atoms with Gasteiger partial charge in [0.2, 0.25) is 5.79 Å². The molecule has 14 heteroatoms. The SMILES string of the molecule is CS(=O)(=O)c1ccc(C(=O)O[C@H]2CN3C(N)=N[C@@H](CO)C4N=C(N)N[C@@]43C2(O)O)cc1. The molecule has 1 aromatic rings. The summed E-state index contributed by atoms with van der Waals surface area (Å²) in [6, 6.07) is 3.08. The normalized spacial score (nSPS) is 31.2. The Hall–Kier alpha value is -2.94. The quantitative estimate of drug-likeness (QED) is 0.192. The summed E-state index contributed by atoms with van der Waals surface area (Å²) < 4.78 is 28.5. The molecule has 0 amide bonds. The number of benzene rings is 1. The zero-order chi connectivity index (χ0) is 22.8. The van der Waals surface area contributed by atoms with Gasteiger partial charge in [-0.15, -0.1) is 0 Å². The van der Waals surface area contributed by atoms with Gasteiger partial charge in [0.05, 0.1) is 23.6 Å². The molecule has 1 saturated heterocycles. The van der Waals surface area contributed by atoms with E-state index in [0.717, 1.165) is 6.26 Å². The lowest BCUT2D eigenvalue weighted by molar-refractivity contribution is -0.257. The summed E-state index contributed by atoms with van der Waals surface area (Å²) in [4.78, 5) is 22.2. The van der Waals surface area contributed by atoms with E-state index >= 15 is 0 Å². The Labute approximate surface area is 176 Å². The van der Waals surface area contributed by atoms with Crippen LogP contribution in [0.5, 0.6) is 0 Å². The van der Waals surface area contributed by atoms with E-state index in [0.29, 0.717) is 0 Å². The van der Waals surface area contributed by atoms with Crippen LogP contribution < -0.4 is 16.8 Å². The van der Waals surface area contributed by atoms with Gasteiger partial charge in [0, 0.05) is 6.26 Å². The third kappa shape index (κ3) is 3.02. The molecule has 168 valence electrons. The van der Waals surface area contributed by atoms with Gasteiger partial charge in [-0.3, -0.25) is 0 Å². The van der Waals surface area contributed by atoms with Crippen LogP contribution in [-0.2, 0) is 14.6 Å². The van der Waals surface area contributed by atoms with Crippen molar-refractivity contribution in [1.29, 1.82) is 0 Å². The van der Waals surface area contributed by atoms with Crippen LogP contribution in [0.3, 0.4) is 0 Å². The smallest absolute Gasteiger partial charge is 0.338 e. The number of carbonyl (C=O) groups is 1. The van der Waals surface area contributed by atoms with E-state index in [1.165, 1.54) is 29.2 Å². The molecule has 0 bridgehead atoms. The maximum atomic E-state index is 12.6. The molecular weight excluding hydrogens is 432 g/mol. The van der Waals surface area contributed by atoms with Crippen molar-refractivity contribution in [3.63, 3.8) is 0 Å². The number of aliphatic hydroxyl groups excluding tert-OH is 1. The molecule has 3 aliphatic heterocycles. The number of nitrogens with two attached hydrogens (primary N) is 2. The Morgan fingerprint density at radius 3 is 2.52 bits per heavy atom. The number of sulfone groups is 1. The molecule has 0 aromatic heterocycles. The number of aliphatic imine (C=N–C) groups is 2. The van der Waals surface area contributed by atoms with Crippen LogP contribution in [-0.4, -0.2) is 95.6 Å². The second kappa shape index (κ2) is 6.78. The van der Waals surface area contributed by atoms with Gasteiger partial charge in [-0.05, 0) is 24.3 Å². The first kappa shape index (κ1) is 21.3. The minimum atomic E-state index is -3.45. The lowest BCUT2D eigenvalue weighted by Gasteiger charge is -2.48. The lowest BCUT2D eigenvalue weighted by Crippen LogP contribution is -2.77. The fraction of sp³-hybridized carbons (Fsp3) is 0.471. The maximum Gasteiger partial charge on any atom is 0.338 e. The molecule has 4 atom stereocenters. The summed E-state index contributed by atoms with van der Waals surface area (Å²) in [5.74, 6) is -3.87. The van der Waals surface area contributed by atoms with Gasteiger partial charge in [0.25, 0.3) is 0 Å². The van der Waals surface area contributed by atoms with Crippen LogP contribution in [0, 0.1) is 0 Å². The van der Waals surface area contributed by atoms with Crippen molar-refractivity contribution in [1.82, 2.24) is 10.2 Å². The molecule has 4 rings (SSSR count). The van der Waals surface area contributed by atoms with E-state index in [1.807, 2.05) is 0 Å². The molecule has 1 spiro atoms. The number of hydrogen-bond acceptors (Lipinski definition) is 13. The van der Waals surface area contributed by atoms with E-state index in [9.17, 15) is 28.5 Å². The standard InChI is InChI=1S/C17H22N6O7S/c1-31(28,29)9-4-2-8(3-5-9)13(25)30-11-6-23-15(19)20-10(7-24)12-16(23,17(11,26)27)22-14(18)21-12/h2-5,10-12,24,26-27H,6-7H2,1H3,(H2,19,20)(H3,18,21,22)/t10-,11-,12?,16-/m0/s1. The second-order valence-electron chi connectivity index (χ2n) is 7.62. The largest absolute Gasteiger partial charge is 0.451 e. The third-order valence-electron chi connectivity index (χ3n) is 5.70. The number of ether oxygens (including phenoxy) is 1. The number of nitrogens with one attached hydrogen (secondary N) is 1. The average molecular weight is 454 g/mol. The number of aliphatic hydroxyl groups is 3. The number of guanidine groups is 2. The first-order valence-electron chi connectivity index (χ1n) is 9.21. The van der Waals surface area contributed by atoms with Crippen molar-refractivity contribution in [2.24, 2.45) is 21.5 Å². The molecule has 0 saturated carbocycles. The van der Waals surface area contributed by atoms with Crippen LogP contribution in [0.2, 0.25) is 0 Å². The molecule has 13 nitrogen and oxygen atoms in total. The van der Waals surface area contributed by atoms with Gasteiger partial charge in [-0.2, -0.15) is 0 Å². The van der Waals surface area contributed by atoms with Crippen molar-refractivity contribution in [2.75, 3.05) is 19.4 Å². The number of rotatable bonds is 4. The van der Waals surface area contributed by atoms with Gasteiger partial charge < -0.3 is 41.7 Å². The highest BCUT2D eigenvalue weighted by molar-refractivity contribution is 7.90. The van der Waals surface area contributed by atoms with Crippen LogP contribution >= 0.6 is 0 Å². The maximum absolute atomic E-state index is 12.6. The Kier molecular flexibility index (Phi) is 4.66. The predicted octanol–water partition coefficient (Wildman–Crippen LogP) is -3.72. The lowest BCUT2D eigenvalue weighted by atomic mass is 9.86. The molecule has 3 heterocycles. The highest BCUT2D eigenvalue weighted by atomic mass is 32.2. The Morgan fingerprint density at radius 1 is 1.29 bits per heavy atom. The molecule has 0 radical (unpaired) electrons. The van der Waals surface area contributed by atoms with E-state index in [4.69, 9.17) is 16.2 Å². The Balaban J connectivity index is 1.63. The molecule has 1 aromatic carbocycles.